The average molecular weight is 268 g/mol. The van der Waals surface area contributed by atoms with Crippen LogP contribution in [-0.4, -0.2) is 20.6 Å². The van der Waals surface area contributed by atoms with Crippen molar-refractivity contribution in [3.05, 3.63) is 29.6 Å². The SMILES string of the molecule is CCC(C)c1nc2cc(F)c(F)cc2n1CC(=O)O. The highest BCUT2D eigenvalue weighted by molar-refractivity contribution is 5.78. The minimum absolute atomic E-state index is 0.0119. The van der Waals surface area contributed by atoms with Gasteiger partial charge < -0.3 is 9.67 Å². The van der Waals surface area contributed by atoms with Gasteiger partial charge >= 0.3 is 5.97 Å². The summed E-state index contributed by atoms with van der Waals surface area (Å²) in [5, 5.41) is 8.93. The lowest BCUT2D eigenvalue weighted by atomic mass is 10.1. The second-order valence-corrected chi connectivity index (χ2v) is 4.51. The number of aromatic nitrogens is 2. The Morgan fingerprint density at radius 2 is 2.05 bits per heavy atom. The van der Waals surface area contributed by atoms with Crippen LogP contribution in [0.15, 0.2) is 12.1 Å². The zero-order valence-electron chi connectivity index (χ0n) is 10.7. The van der Waals surface area contributed by atoms with E-state index in [0.29, 0.717) is 11.3 Å². The normalized spacial score (nSPS) is 12.8. The lowest BCUT2D eigenvalue weighted by molar-refractivity contribution is -0.137. The van der Waals surface area contributed by atoms with E-state index in [1.165, 1.54) is 4.57 Å². The maximum Gasteiger partial charge on any atom is 0.323 e. The number of imidazole rings is 1. The Bertz CT molecular complexity index is 637. The molecule has 0 radical (unpaired) electrons. The molecule has 0 aliphatic heterocycles. The Hall–Kier alpha value is -1.98. The molecule has 0 saturated carbocycles. The van der Waals surface area contributed by atoms with Crippen molar-refractivity contribution in [3.63, 3.8) is 0 Å². The van der Waals surface area contributed by atoms with Crippen molar-refractivity contribution < 1.29 is 18.7 Å². The molecule has 1 aromatic carbocycles. The van der Waals surface area contributed by atoms with Crippen LogP contribution in [0, 0.1) is 11.6 Å². The van der Waals surface area contributed by atoms with Crippen molar-refractivity contribution in [1.82, 2.24) is 9.55 Å². The molecule has 0 saturated heterocycles. The average Bonchev–Trinajstić information content (AvgIpc) is 2.67. The fourth-order valence-corrected chi connectivity index (χ4v) is 2.00. The molecule has 6 heteroatoms. The van der Waals surface area contributed by atoms with Crippen molar-refractivity contribution in [3.8, 4) is 0 Å². The second kappa shape index (κ2) is 4.95. The highest BCUT2D eigenvalue weighted by atomic mass is 19.2. The third kappa shape index (κ3) is 2.43. The molecule has 2 aromatic rings. The molecule has 102 valence electrons. The molecule has 0 amide bonds. The van der Waals surface area contributed by atoms with E-state index in [1.54, 1.807) is 0 Å². The second-order valence-electron chi connectivity index (χ2n) is 4.51. The van der Waals surface area contributed by atoms with Gasteiger partial charge in [0.2, 0.25) is 0 Å². The molecule has 4 nitrogen and oxygen atoms in total. The van der Waals surface area contributed by atoms with Crippen LogP contribution < -0.4 is 0 Å². The Labute approximate surface area is 108 Å². The van der Waals surface area contributed by atoms with Gasteiger partial charge in [0.1, 0.15) is 12.4 Å². The number of nitrogens with zero attached hydrogens (tertiary/aromatic N) is 2. The molecule has 1 heterocycles. The molecule has 1 aromatic heterocycles. The number of rotatable bonds is 4. The number of hydrogen-bond donors (Lipinski definition) is 1. The number of carboxylic acid groups (broad SMARTS) is 1. The van der Waals surface area contributed by atoms with Gasteiger partial charge in [-0.2, -0.15) is 0 Å². The minimum Gasteiger partial charge on any atom is -0.480 e. The van der Waals surface area contributed by atoms with Crippen LogP contribution in [-0.2, 0) is 11.3 Å². The van der Waals surface area contributed by atoms with E-state index in [0.717, 1.165) is 18.6 Å². The van der Waals surface area contributed by atoms with E-state index in [9.17, 15) is 13.6 Å². The Balaban J connectivity index is 2.69. The standard InChI is InChI=1S/C13H14F2N2O2/c1-3-7(2)13-16-10-4-8(14)9(15)5-11(10)17(13)6-12(18)19/h4-5,7H,3,6H2,1-2H3,(H,18,19). The molecule has 1 atom stereocenters. The smallest absolute Gasteiger partial charge is 0.323 e. The summed E-state index contributed by atoms with van der Waals surface area (Å²) in [5.41, 5.74) is 0.576. The predicted molar refractivity (Wildman–Crippen MR) is 66.0 cm³/mol. The molecule has 1 N–H and O–H groups in total. The summed E-state index contributed by atoms with van der Waals surface area (Å²) < 4.78 is 27.9. The number of carboxylic acids is 1. The van der Waals surface area contributed by atoms with Gasteiger partial charge in [-0.1, -0.05) is 13.8 Å². The zero-order chi connectivity index (χ0) is 14.2. The topological polar surface area (TPSA) is 55.1 Å². The predicted octanol–water partition coefficient (Wildman–Crippen LogP) is 2.91. The van der Waals surface area contributed by atoms with E-state index >= 15 is 0 Å². The first-order valence-corrected chi connectivity index (χ1v) is 6.01. The number of fused-ring (bicyclic) bond motifs is 1. The molecule has 1 unspecified atom stereocenters. The molecular formula is C13H14F2N2O2. The van der Waals surface area contributed by atoms with Crippen LogP contribution in [0.25, 0.3) is 11.0 Å². The molecule has 0 aliphatic carbocycles. The molecule has 0 aliphatic rings. The van der Waals surface area contributed by atoms with Crippen molar-refractivity contribution >= 4 is 17.0 Å². The van der Waals surface area contributed by atoms with E-state index in [4.69, 9.17) is 5.11 Å². The van der Waals surface area contributed by atoms with E-state index < -0.39 is 17.6 Å². The molecular weight excluding hydrogens is 254 g/mol. The van der Waals surface area contributed by atoms with Crippen LogP contribution in [0.3, 0.4) is 0 Å². The third-order valence-electron chi connectivity index (χ3n) is 3.17. The lowest BCUT2D eigenvalue weighted by Gasteiger charge is -2.11. The van der Waals surface area contributed by atoms with Crippen LogP contribution in [0.1, 0.15) is 32.0 Å². The van der Waals surface area contributed by atoms with Gasteiger partial charge in [-0.15, -0.1) is 0 Å². The Morgan fingerprint density at radius 1 is 1.42 bits per heavy atom. The fraction of sp³-hybridized carbons (Fsp3) is 0.385. The van der Waals surface area contributed by atoms with E-state index in [-0.39, 0.29) is 18.0 Å². The molecule has 0 bridgehead atoms. The van der Waals surface area contributed by atoms with Crippen LogP contribution in [0.4, 0.5) is 8.78 Å². The minimum atomic E-state index is -1.05. The first-order valence-electron chi connectivity index (χ1n) is 6.01. The summed E-state index contributed by atoms with van der Waals surface area (Å²) in [4.78, 5) is 15.1. The summed E-state index contributed by atoms with van der Waals surface area (Å²) in [7, 11) is 0. The van der Waals surface area contributed by atoms with Crippen molar-refractivity contribution in [2.75, 3.05) is 0 Å². The summed E-state index contributed by atoms with van der Waals surface area (Å²) in [6, 6.07) is 1.99. The highest BCUT2D eigenvalue weighted by Crippen LogP contribution is 2.25. The molecule has 0 spiro atoms. The van der Waals surface area contributed by atoms with E-state index in [2.05, 4.69) is 4.98 Å². The van der Waals surface area contributed by atoms with Gasteiger partial charge in [-0.25, -0.2) is 13.8 Å². The number of benzene rings is 1. The largest absolute Gasteiger partial charge is 0.480 e. The van der Waals surface area contributed by atoms with Gasteiger partial charge in [0.05, 0.1) is 11.0 Å². The van der Waals surface area contributed by atoms with Crippen LogP contribution in [0.5, 0.6) is 0 Å². The van der Waals surface area contributed by atoms with E-state index in [1.807, 2.05) is 13.8 Å². The Kier molecular flexibility index (Phi) is 3.50. The fourth-order valence-electron chi connectivity index (χ4n) is 2.00. The Morgan fingerprint density at radius 3 is 2.63 bits per heavy atom. The number of carbonyl (C=O) groups is 1. The number of aliphatic carboxylic acids is 1. The third-order valence-corrected chi connectivity index (χ3v) is 3.17. The van der Waals surface area contributed by atoms with Gasteiger partial charge in [-0.05, 0) is 6.42 Å². The van der Waals surface area contributed by atoms with Gasteiger partial charge in [0, 0.05) is 18.1 Å². The summed E-state index contributed by atoms with van der Waals surface area (Å²) in [6.07, 6.45) is 0.758. The lowest BCUT2D eigenvalue weighted by Crippen LogP contribution is -2.13. The van der Waals surface area contributed by atoms with Crippen molar-refractivity contribution in [2.45, 2.75) is 32.7 Å². The molecule has 0 fully saturated rings. The van der Waals surface area contributed by atoms with Crippen molar-refractivity contribution in [1.29, 1.82) is 0 Å². The summed E-state index contributed by atoms with van der Waals surface area (Å²) >= 11 is 0. The molecule has 2 rings (SSSR count). The van der Waals surface area contributed by atoms with Gasteiger partial charge in [0.15, 0.2) is 11.6 Å². The van der Waals surface area contributed by atoms with Crippen molar-refractivity contribution in [2.24, 2.45) is 0 Å². The van der Waals surface area contributed by atoms with Gasteiger partial charge in [0.25, 0.3) is 0 Å². The zero-order valence-corrected chi connectivity index (χ0v) is 10.7. The van der Waals surface area contributed by atoms with Gasteiger partial charge in [-0.3, -0.25) is 4.79 Å². The maximum absolute atomic E-state index is 13.3. The highest BCUT2D eigenvalue weighted by Gasteiger charge is 2.19. The number of hydrogen-bond acceptors (Lipinski definition) is 2. The number of halogens is 2. The maximum atomic E-state index is 13.3. The van der Waals surface area contributed by atoms with Crippen LogP contribution in [0.2, 0.25) is 0 Å². The first kappa shape index (κ1) is 13.5. The quantitative estimate of drug-likeness (QED) is 0.927. The molecule has 19 heavy (non-hydrogen) atoms. The van der Waals surface area contributed by atoms with Crippen LogP contribution >= 0.6 is 0 Å². The monoisotopic (exact) mass is 268 g/mol. The first-order chi connectivity index (χ1) is 8.93. The summed E-state index contributed by atoms with van der Waals surface area (Å²) in [5.74, 6) is -2.49. The summed E-state index contributed by atoms with van der Waals surface area (Å²) in [6.45, 7) is 3.52.